The maximum absolute atomic E-state index is 12.0. The number of aliphatic carboxylic acids is 1. The quantitative estimate of drug-likeness (QED) is 0.677. The van der Waals surface area contributed by atoms with Crippen LogP contribution in [0.5, 0.6) is 11.5 Å². The van der Waals surface area contributed by atoms with Gasteiger partial charge in [0.15, 0.2) is 11.5 Å². The lowest BCUT2D eigenvalue weighted by atomic mass is 9.90. The van der Waals surface area contributed by atoms with E-state index in [9.17, 15) is 14.4 Å². The summed E-state index contributed by atoms with van der Waals surface area (Å²) in [4.78, 5) is 34.7. The van der Waals surface area contributed by atoms with Gasteiger partial charge in [0.05, 0.1) is 12.0 Å². The lowest BCUT2D eigenvalue weighted by molar-refractivity contribution is -0.147. The number of hydrogen-bond acceptors (Lipinski definition) is 5. The number of ether oxygens (including phenoxy) is 2. The lowest BCUT2D eigenvalue weighted by Gasteiger charge is -2.18. The molecule has 0 saturated carbocycles. The van der Waals surface area contributed by atoms with Gasteiger partial charge in [-0.25, -0.2) is 0 Å². The minimum Gasteiger partial charge on any atom is -0.481 e. The van der Waals surface area contributed by atoms with Crippen LogP contribution in [-0.4, -0.2) is 42.8 Å². The normalized spacial score (nSPS) is 12.6. The number of hydrogen-bond donors (Lipinski definition) is 3. The van der Waals surface area contributed by atoms with Crippen molar-refractivity contribution in [1.29, 1.82) is 0 Å². The molecule has 3 N–H and O–H groups in total. The minimum atomic E-state index is -0.923. The minimum absolute atomic E-state index is 0.121. The van der Waals surface area contributed by atoms with E-state index in [4.69, 9.17) is 14.6 Å². The molecule has 0 saturated heterocycles. The van der Waals surface area contributed by atoms with E-state index in [0.717, 1.165) is 0 Å². The summed E-state index contributed by atoms with van der Waals surface area (Å²) in [5, 5.41) is 14.1. The van der Waals surface area contributed by atoms with E-state index in [1.54, 1.807) is 32.0 Å². The van der Waals surface area contributed by atoms with Crippen molar-refractivity contribution in [2.45, 2.75) is 20.3 Å². The molecule has 0 aromatic heterocycles. The molecule has 1 aromatic carbocycles. The number of rotatable bonds is 7. The van der Waals surface area contributed by atoms with Crippen molar-refractivity contribution in [1.82, 2.24) is 10.6 Å². The number of carbonyl (C=O) groups is 3. The highest BCUT2D eigenvalue weighted by Crippen LogP contribution is 2.32. The van der Waals surface area contributed by atoms with E-state index in [-0.39, 0.29) is 25.8 Å². The van der Waals surface area contributed by atoms with Gasteiger partial charge in [-0.15, -0.1) is 0 Å². The molecule has 24 heavy (non-hydrogen) atoms. The van der Waals surface area contributed by atoms with Crippen LogP contribution in [0.15, 0.2) is 18.2 Å². The van der Waals surface area contributed by atoms with Gasteiger partial charge >= 0.3 is 5.97 Å². The molecular formula is C16H20N2O6. The largest absolute Gasteiger partial charge is 0.481 e. The Bertz CT molecular complexity index is 656. The summed E-state index contributed by atoms with van der Waals surface area (Å²) >= 11 is 0. The van der Waals surface area contributed by atoms with E-state index in [2.05, 4.69) is 10.6 Å². The second kappa shape index (κ2) is 7.20. The number of carboxylic acid groups (broad SMARTS) is 1. The standard InChI is InChI=1S/C16H20N2O6/c1-16(2,15(21)22)5-6-17-13(19)8-18-14(20)10-3-4-11-12(7-10)24-9-23-11/h3-4,7H,5-6,8-9H2,1-2H3,(H,17,19)(H,18,20)(H,21,22). The molecule has 8 nitrogen and oxygen atoms in total. The topological polar surface area (TPSA) is 114 Å². The smallest absolute Gasteiger partial charge is 0.309 e. The monoisotopic (exact) mass is 336 g/mol. The summed E-state index contributed by atoms with van der Waals surface area (Å²) in [6, 6.07) is 4.76. The Balaban J connectivity index is 1.75. The Hall–Kier alpha value is -2.77. The van der Waals surface area contributed by atoms with E-state index >= 15 is 0 Å². The molecule has 0 atom stereocenters. The number of benzene rings is 1. The van der Waals surface area contributed by atoms with E-state index in [1.807, 2.05) is 0 Å². The van der Waals surface area contributed by atoms with E-state index in [0.29, 0.717) is 23.5 Å². The summed E-state index contributed by atoms with van der Waals surface area (Å²) in [5.41, 5.74) is -0.553. The average Bonchev–Trinajstić information content (AvgIpc) is 2.99. The molecule has 130 valence electrons. The first-order chi connectivity index (χ1) is 11.3. The predicted octanol–water partition coefficient (Wildman–Crippen LogP) is 0.762. The molecule has 1 aliphatic rings. The van der Waals surface area contributed by atoms with Crippen molar-refractivity contribution in [3.63, 3.8) is 0 Å². The van der Waals surface area contributed by atoms with Crippen molar-refractivity contribution in [2.75, 3.05) is 19.9 Å². The van der Waals surface area contributed by atoms with E-state index < -0.39 is 17.3 Å². The molecule has 0 spiro atoms. The molecule has 0 unspecified atom stereocenters. The van der Waals surface area contributed by atoms with Crippen LogP contribution in [0.3, 0.4) is 0 Å². The summed E-state index contributed by atoms with van der Waals surface area (Å²) in [6.07, 6.45) is 0.296. The van der Waals surface area contributed by atoms with Crippen LogP contribution in [0.1, 0.15) is 30.6 Å². The molecule has 0 radical (unpaired) electrons. The molecule has 8 heteroatoms. The highest BCUT2D eigenvalue weighted by atomic mass is 16.7. The number of fused-ring (bicyclic) bond motifs is 1. The van der Waals surface area contributed by atoms with Crippen molar-refractivity contribution >= 4 is 17.8 Å². The van der Waals surface area contributed by atoms with Gasteiger partial charge < -0.3 is 25.2 Å². The maximum atomic E-state index is 12.0. The lowest BCUT2D eigenvalue weighted by Crippen LogP contribution is -2.39. The zero-order valence-corrected chi connectivity index (χ0v) is 13.5. The first kappa shape index (κ1) is 17.6. The van der Waals surface area contributed by atoms with Gasteiger partial charge in [-0.3, -0.25) is 14.4 Å². The second-order valence-electron chi connectivity index (χ2n) is 6.04. The maximum Gasteiger partial charge on any atom is 0.309 e. The Labute approximate surface area is 139 Å². The summed E-state index contributed by atoms with van der Waals surface area (Å²) in [5.74, 6) is -0.652. The van der Waals surface area contributed by atoms with Gasteiger partial charge in [0.2, 0.25) is 12.7 Å². The van der Waals surface area contributed by atoms with Crippen LogP contribution in [0.2, 0.25) is 0 Å². The van der Waals surface area contributed by atoms with Crippen LogP contribution in [0.4, 0.5) is 0 Å². The van der Waals surface area contributed by atoms with Gasteiger partial charge in [-0.2, -0.15) is 0 Å². The number of carbonyl (C=O) groups excluding carboxylic acids is 2. The zero-order chi connectivity index (χ0) is 17.7. The fraction of sp³-hybridized carbons (Fsp3) is 0.438. The van der Waals surface area contributed by atoms with Gasteiger partial charge in [-0.1, -0.05) is 0 Å². The Morgan fingerprint density at radius 1 is 1.17 bits per heavy atom. The third kappa shape index (κ3) is 4.37. The van der Waals surface area contributed by atoms with Crippen molar-refractivity contribution < 1.29 is 29.0 Å². The Kier molecular flexibility index (Phi) is 5.28. The van der Waals surface area contributed by atoms with Gasteiger partial charge in [0.25, 0.3) is 5.91 Å². The van der Waals surface area contributed by atoms with Crippen LogP contribution in [0.25, 0.3) is 0 Å². The molecule has 1 aromatic rings. The highest BCUT2D eigenvalue weighted by molar-refractivity contribution is 5.97. The molecule has 0 bridgehead atoms. The first-order valence-corrected chi connectivity index (χ1v) is 7.47. The molecular weight excluding hydrogens is 316 g/mol. The SMILES string of the molecule is CC(C)(CCNC(=O)CNC(=O)c1ccc2c(c1)OCO2)C(=O)O. The summed E-state index contributed by atoms with van der Waals surface area (Å²) in [6.45, 7) is 3.32. The van der Waals surface area contributed by atoms with Gasteiger partial charge in [0.1, 0.15) is 0 Å². The fourth-order valence-electron chi connectivity index (χ4n) is 1.98. The molecule has 0 aliphatic carbocycles. The zero-order valence-electron chi connectivity index (χ0n) is 13.5. The second-order valence-corrected chi connectivity index (χ2v) is 6.04. The average molecular weight is 336 g/mol. The van der Waals surface area contributed by atoms with Crippen LogP contribution in [-0.2, 0) is 9.59 Å². The van der Waals surface area contributed by atoms with Crippen molar-refractivity contribution in [3.8, 4) is 11.5 Å². The van der Waals surface area contributed by atoms with Crippen molar-refractivity contribution in [2.24, 2.45) is 5.41 Å². The Morgan fingerprint density at radius 2 is 1.88 bits per heavy atom. The molecule has 1 aliphatic heterocycles. The predicted molar refractivity (Wildman–Crippen MR) is 83.9 cm³/mol. The van der Waals surface area contributed by atoms with Crippen LogP contribution in [0, 0.1) is 5.41 Å². The molecule has 1 heterocycles. The molecule has 2 amide bonds. The number of nitrogens with one attached hydrogen (secondary N) is 2. The van der Waals surface area contributed by atoms with Crippen LogP contribution >= 0.6 is 0 Å². The number of amides is 2. The Morgan fingerprint density at radius 3 is 2.58 bits per heavy atom. The molecule has 0 fully saturated rings. The summed E-state index contributed by atoms with van der Waals surface area (Å²) < 4.78 is 10.3. The van der Waals surface area contributed by atoms with Crippen LogP contribution < -0.4 is 20.1 Å². The first-order valence-electron chi connectivity index (χ1n) is 7.47. The van der Waals surface area contributed by atoms with Crippen molar-refractivity contribution in [3.05, 3.63) is 23.8 Å². The third-order valence-electron chi connectivity index (χ3n) is 3.70. The van der Waals surface area contributed by atoms with E-state index in [1.165, 1.54) is 0 Å². The third-order valence-corrected chi connectivity index (χ3v) is 3.70. The van der Waals surface area contributed by atoms with Gasteiger partial charge in [-0.05, 0) is 38.5 Å². The highest BCUT2D eigenvalue weighted by Gasteiger charge is 2.26. The molecule has 2 rings (SSSR count). The van der Waals surface area contributed by atoms with Gasteiger partial charge in [0, 0.05) is 12.1 Å². The summed E-state index contributed by atoms with van der Waals surface area (Å²) in [7, 11) is 0. The fourth-order valence-corrected chi connectivity index (χ4v) is 1.98. The number of carboxylic acids is 1.